The predicted molar refractivity (Wildman–Crippen MR) is 131 cm³/mol. The van der Waals surface area contributed by atoms with Crippen molar-refractivity contribution in [2.24, 2.45) is 0 Å². The molecule has 0 bridgehead atoms. The molecule has 0 saturated heterocycles. The minimum Gasteiger partial charge on any atom is -0.107 e. The Balaban J connectivity index is 0.000000271. The van der Waals surface area contributed by atoms with Crippen LogP contribution in [0.2, 0.25) is 0 Å². The smallest absolute Gasteiger partial charge is 0.0186 e. The van der Waals surface area contributed by atoms with Crippen molar-refractivity contribution in [3.8, 4) is 0 Å². The zero-order valence-electron chi connectivity index (χ0n) is 17.4. The summed E-state index contributed by atoms with van der Waals surface area (Å²) >= 11 is 0. The van der Waals surface area contributed by atoms with Crippen LogP contribution >= 0.6 is 29.5 Å². The molecule has 0 spiro atoms. The zero-order valence-corrected chi connectivity index (χ0v) is 19.9. The van der Waals surface area contributed by atoms with Crippen LogP contribution in [0.15, 0.2) is 70.5 Å². The molecule has 0 aromatic heterocycles. The van der Waals surface area contributed by atoms with Gasteiger partial charge in [0.2, 0.25) is 0 Å². The van der Waals surface area contributed by atoms with Gasteiger partial charge < -0.3 is 0 Å². The average molecular weight is 421 g/mol. The van der Waals surface area contributed by atoms with Gasteiger partial charge in [0.15, 0.2) is 0 Å². The number of hydrogen-bond donors (Lipinski definition) is 0. The van der Waals surface area contributed by atoms with Crippen LogP contribution in [-0.2, 0) is 0 Å². The summed E-state index contributed by atoms with van der Waals surface area (Å²) in [4.78, 5) is 2.59. The summed E-state index contributed by atoms with van der Waals surface area (Å²) in [6.45, 7) is 6.94. The van der Waals surface area contributed by atoms with Crippen LogP contribution in [0, 0.1) is 0 Å². The molecule has 0 atom stereocenters. The van der Waals surface area contributed by atoms with Crippen molar-refractivity contribution in [3.05, 3.63) is 60.7 Å². The monoisotopic (exact) mass is 420 g/mol. The largest absolute Gasteiger partial charge is 0.107 e. The van der Waals surface area contributed by atoms with E-state index in [1.807, 2.05) is 12.1 Å². The molecule has 0 saturated carbocycles. The molecule has 0 fully saturated rings. The molecule has 0 nitrogen and oxygen atoms in total. The Bertz CT molecular complexity index is 486. The van der Waals surface area contributed by atoms with E-state index in [9.17, 15) is 0 Å². The summed E-state index contributed by atoms with van der Waals surface area (Å²) in [6.07, 6.45) is 13.2. The van der Waals surface area contributed by atoms with Crippen LogP contribution < -0.4 is 0 Å². The summed E-state index contributed by atoms with van der Waals surface area (Å²) in [5.74, 6) is 0. The van der Waals surface area contributed by atoms with E-state index < -0.39 is 0 Å². The first-order valence-corrected chi connectivity index (χ1v) is 14.5. The molecule has 2 rings (SSSR count). The van der Waals surface area contributed by atoms with E-state index in [0.29, 0.717) is 7.92 Å². The lowest BCUT2D eigenvalue weighted by Gasteiger charge is -2.16. The summed E-state index contributed by atoms with van der Waals surface area (Å²) in [7, 11) is 4.00. The Kier molecular flexibility index (Phi) is 16.1. The number of rotatable bonds is 12. The van der Waals surface area contributed by atoms with Crippen LogP contribution in [0.4, 0.5) is 0 Å². The Morgan fingerprint density at radius 1 is 0.556 bits per heavy atom. The van der Waals surface area contributed by atoms with E-state index in [-0.39, 0.29) is 0 Å². The summed E-state index contributed by atoms with van der Waals surface area (Å²) < 4.78 is 0. The van der Waals surface area contributed by atoms with Crippen molar-refractivity contribution < 1.29 is 0 Å². The third-order valence-electron chi connectivity index (χ3n) is 4.20. The van der Waals surface area contributed by atoms with E-state index in [1.165, 1.54) is 48.3 Å². The molecule has 0 amide bonds. The lowest BCUT2D eigenvalue weighted by atomic mass is 10.4. The van der Waals surface area contributed by atoms with Gasteiger partial charge in [-0.15, -0.1) is 7.92 Å². The standard InChI is InChI=1S/C12H27P.C12H10S2/c1-4-7-10-13(11-8-5-2)12-9-6-3;1-3-7-11(8-4-1)13-14-12-9-5-2-6-10-12/h4-12H2,1-3H3;1-10H. The molecule has 0 aliphatic heterocycles. The maximum Gasteiger partial charge on any atom is 0.0186 e. The van der Waals surface area contributed by atoms with Gasteiger partial charge in [0, 0.05) is 9.79 Å². The van der Waals surface area contributed by atoms with E-state index in [1.54, 1.807) is 40.1 Å². The number of benzene rings is 2. The molecule has 0 N–H and O–H groups in total. The summed E-state index contributed by atoms with van der Waals surface area (Å²) in [5.41, 5.74) is 0. The highest BCUT2D eigenvalue weighted by molar-refractivity contribution is 8.76. The third-order valence-corrected chi connectivity index (χ3v) is 9.47. The van der Waals surface area contributed by atoms with Crippen LogP contribution in [-0.4, -0.2) is 18.5 Å². The normalized spacial score (nSPS) is 10.5. The minimum absolute atomic E-state index is 0.422. The second kappa shape index (κ2) is 17.7. The highest BCUT2D eigenvalue weighted by atomic mass is 33.1. The SMILES string of the molecule is CCCCP(CCCC)CCCC.c1ccc(SSc2ccccc2)cc1. The lowest BCUT2D eigenvalue weighted by molar-refractivity contribution is 0.847. The summed E-state index contributed by atoms with van der Waals surface area (Å²) in [5, 5.41) is 0. The molecular weight excluding hydrogens is 383 g/mol. The molecule has 0 radical (unpaired) electrons. The Hall–Kier alpha value is -0.430. The fourth-order valence-electron chi connectivity index (χ4n) is 2.53. The first kappa shape index (κ1) is 24.6. The number of hydrogen-bond acceptors (Lipinski definition) is 2. The molecule has 0 unspecified atom stereocenters. The quantitative estimate of drug-likeness (QED) is 0.248. The highest BCUT2D eigenvalue weighted by Gasteiger charge is 2.05. The molecular formula is C24H37PS2. The van der Waals surface area contributed by atoms with Crippen molar-refractivity contribution in [1.29, 1.82) is 0 Å². The molecule has 0 heterocycles. The maximum absolute atomic E-state index is 2.31. The molecule has 27 heavy (non-hydrogen) atoms. The van der Waals surface area contributed by atoms with Crippen LogP contribution in [0.25, 0.3) is 0 Å². The van der Waals surface area contributed by atoms with Gasteiger partial charge in [0.05, 0.1) is 0 Å². The first-order chi connectivity index (χ1) is 13.3. The second-order valence-corrected chi connectivity index (χ2v) is 11.7. The van der Waals surface area contributed by atoms with Crippen molar-refractivity contribution in [2.75, 3.05) is 18.5 Å². The van der Waals surface area contributed by atoms with Gasteiger partial charge in [0.1, 0.15) is 0 Å². The van der Waals surface area contributed by atoms with E-state index in [2.05, 4.69) is 69.3 Å². The van der Waals surface area contributed by atoms with Crippen LogP contribution in [0.5, 0.6) is 0 Å². The highest BCUT2D eigenvalue weighted by Crippen LogP contribution is 2.38. The van der Waals surface area contributed by atoms with Crippen LogP contribution in [0.1, 0.15) is 59.3 Å². The minimum atomic E-state index is 0.422. The van der Waals surface area contributed by atoms with Gasteiger partial charge in [-0.3, -0.25) is 0 Å². The van der Waals surface area contributed by atoms with Gasteiger partial charge in [0.25, 0.3) is 0 Å². The second-order valence-electron chi connectivity index (χ2n) is 6.70. The van der Waals surface area contributed by atoms with Crippen molar-refractivity contribution in [1.82, 2.24) is 0 Å². The molecule has 2 aromatic rings. The molecule has 2 aromatic carbocycles. The van der Waals surface area contributed by atoms with Gasteiger partial charge in [-0.2, -0.15) is 0 Å². The third kappa shape index (κ3) is 13.4. The lowest BCUT2D eigenvalue weighted by Crippen LogP contribution is -1.95. The summed E-state index contributed by atoms with van der Waals surface area (Å²) in [6, 6.07) is 20.8. The zero-order chi connectivity index (χ0) is 19.6. The Morgan fingerprint density at radius 2 is 0.889 bits per heavy atom. The Labute approximate surface area is 177 Å². The van der Waals surface area contributed by atoms with Crippen LogP contribution in [0.3, 0.4) is 0 Å². The van der Waals surface area contributed by atoms with Gasteiger partial charge in [-0.05, 0) is 62.0 Å². The maximum atomic E-state index is 2.31. The van der Waals surface area contributed by atoms with Crippen molar-refractivity contribution >= 4 is 29.5 Å². The average Bonchev–Trinajstić information content (AvgIpc) is 2.74. The van der Waals surface area contributed by atoms with E-state index in [0.717, 1.165) is 0 Å². The number of unbranched alkanes of at least 4 members (excludes halogenated alkanes) is 3. The first-order valence-electron chi connectivity index (χ1n) is 10.5. The molecule has 150 valence electrons. The van der Waals surface area contributed by atoms with Crippen molar-refractivity contribution in [2.45, 2.75) is 69.1 Å². The molecule has 0 aliphatic carbocycles. The topological polar surface area (TPSA) is 0 Å². The fourth-order valence-corrected chi connectivity index (χ4v) is 7.46. The van der Waals surface area contributed by atoms with E-state index in [4.69, 9.17) is 0 Å². The van der Waals surface area contributed by atoms with E-state index >= 15 is 0 Å². The van der Waals surface area contributed by atoms with Gasteiger partial charge in [-0.1, -0.05) is 98.0 Å². The molecule has 0 aliphatic rings. The Morgan fingerprint density at radius 3 is 1.19 bits per heavy atom. The fraction of sp³-hybridized carbons (Fsp3) is 0.500. The van der Waals surface area contributed by atoms with Gasteiger partial charge in [-0.25, -0.2) is 0 Å². The van der Waals surface area contributed by atoms with Crippen molar-refractivity contribution in [3.63, 3.8) is 0 Å². The van der Waals surface area contributed by atoms with Gasteiger partial charge >= 0.3 is 0 Å². The molecule has 3 heteroatoms. The predicted octanol–water partition coefficient (Wildman–Crippen LogP) is 9.35.